The molecular weight excluding hydrogens is 396 g/mol. The number of aromatic nitrogens is 2. The van der Waals surface area contributed by atoms with Crippen molar-refractivity contribution in [3.8, 4) is 5.75 Å². The van der Waals surface area contributed by atoms with Gasteiger partial charge in [-0.15, -0.1) is 0 Å². The number of carbonyl (C=O) groups excluding carboxylic acids is 1. The standard InChI is InChI=1S/C19H18N4O5S/c20-29(26,27)16-8-6-14(7-9-16)21-19(25)17-10-11-18(24)23(22-17)12-13-28-15-4-2-1-3-5-15/h1-11H,12-13H2,(H,21,25)(H2,20,26,27). The Morgan fingerprint density at radius 2 is 1.72 bits per heavy atom. The summed E-state index contributed by atoms with van der Waals surface area (Å²) in [5.74, 6) is 0.114. The monoisotopic (exact) mass is 414 g/mol. The lowest BCUT2D eigenvalue weighted by Gasteiger charge is -2.09. The van der Waals surface area contributed by atoms with Gasteiger partial charge in [0, 0.05) is 11.8 Å². The smallest absolute Gasteiger partial charge is 0.276 e. The minimum Gasteiger partial charge on any atom is -0.492 e. The van der Waals surface area contributed by atoms with E-state index in [1.807, 2.05) is 18.2 Å². The van der Waals surface area contributed by atoms with Crippen molar-refractivity contribution in [1.29, 1.82) is 0 Å². The average Bonchev–Trinajstić information content (AvgIpc) is 2.70. The lowest BCUT2D eigenvalue weighted by molar-refractivity contribution is 0.101. The van der Waals surface area contributed by atoms with Crippen molar-refractivity contribution >= 4 is 21.6 Å². The number of sulfonamides is 1. The summed E-state index contributed by atoms with van der Waals surface area (Å²) in [6.45, 7) is 0.370. The molecule has 2 aromatic carbocycles. The number of rotatable bonds is 7. The highest BCUT2D eigenvalue weighted by Crippen LogP contribution is 2.13. The number of nitrogens with one attached hydrogen (secondary N) is 1. The van der Waals surface area contributed by atoms with Crippen molar-refractivity contribution in [1.82, 2.24) is 9.78 Å². The Balaban J connectivity index is 1.66. The number of ether oxygens (including phenoxy) is 1. The van der Waals surface area contributed by atoms with Gasteiger partial charge in [0.25, 0.3) is 11.5 Å². The summed E-state index contributed by atoms with van der Waals surface area (Å²) in [5.41, 5.74) is 0.0184. The topological polar surface area (TPSA) is 133 Å². The van der Waals surface area contributed by atoms with E-state index in [9.17, 15) is 18.0 Å². The van der Waals surface area contributed by atoms with Gasteiger partial charge in [-0.05, 0) is 42.5 Å². The van der Waals surface area contributed by atoms with Gasteiger partial charge in [0.05, 0.1) is 11.4 Å². The highest BCUT2D eigenvalue weighted by Gasteiger charge is 2.12. The number of hydrogen-bond donors (Lipinski definition) is 2. The Bertz CT molecular complexity index is 1160. The van der Waals surface area contributed by atoms with Gasteiger partial charge in [-0.3, -0.25) is 9.59 Å². The average molecular weight is 414 g/mol. The fourth-order valence-corrected chi connectivity index (χ4v) is 2.94. The SMILES string of the molecule is NS(=O)(=O)c1ccc(NC(=O)c2ccc(=O)n(CCOc3ccccc3)n2)cc1. The number of para-hydroxylation sites is 1. The third-order valence-electron chi connectivity index (χ3n) is 3.86. The van der Waals surface area contributed by atoms with E-state index < -0.39 is 15.9 Å². The first-order chi connectivity index (χ1) is 13.8. The van der Waals surface area contributed by atoms with E-state index in [-0.39, 0.29) is 29.3 Å². The predicted molar refractivity (Wildman–Crippen MR) is 106 cm³/mol. The van der Waals surface area contributed by atoms with Crippen LogP contribution in [0.3, 0.4) is 0 Å². The van der Waals surface area contributed by atoms with Gasteiger partial charge in [-0.25, -0.2) is 18.2 Å². The molecular formula is C19H18N4O5S. The first-order valence-corrected chi connectivity index (χ1v) is 10.1. The van der Waals surface area contributed by atoms with E-state index in [1.165, 1.54) is 36.4 Å². The summed E-state index contributed by atoms with van der Waals surface area (Å²) < 4.78 is 29.2. The van der Waals surface area contributed by atoms with Crippen LogP contribution in [0.4, 0.5) is 5.69 Å². The highest BCUT2D eigenvalue weighted by molar-refractivity contribution is 7.89. The summed E-state index contributed by atoms with van der Waals surface area (Å²) in [7, 11) is -3.81. The molecule has 29 heavy (non-hydrogen) atoms. The van der Waals surface area contributed by atoms with Crippen LogP contribution in [-0.2, 0) is 16.6 Å². The normalized spacial score (nSPS) is 11.1. The zero-order chi connectivity index (χ0) is 20.9. The number of hydrogen-bond acceptors (Lipinski definition) is 6. The molecule has 0 saturated heterocycles. The van der Waals surface area contributed by atoms with Crippen LogP contribution in [0.25, 0.3) is 0 Å². The van der Waals surface area contributed by atoms with Crippen LogP contribution < -0.4 is 20.8 Å². The van der Waals surface area contributed by atoms with Gasteiger partial charge in [-0.1, -0.05) is 18.2 Å². The number of primary sulfonamides is 1. The minimum absolute atomic E-state index is 0.0276. The second kappa shape index (κ2) is 8.67. The molecule has 150 valence electrons. The summed E-state index contributed by atoms with van der Waals surface area (Å²) in [6, 6.07) is 17.0. The molecule has 0 radical (unpaired) electrons. The van der Waals surface area contributed by atoms with Crippen LogP contribution in [0.2, 0.25) is 0 Å². The Hall–Kier alpha value is -3.50. The maximum absolute atomic E-state index is 12.4. The Morgan fingerprint density at radius 1 is 1.03 bits per heavy atom. The Morgan fingerprint density at radius 3 is 2.38 bits per heavy atom. The number of amides is 1. The van der Waals surface area contributed by atoms with Crippen LogP contribution in [-0.4, -0.2) is 30.7 Å². The zero-order valence-corrected chi connectivity index (χ0v) is 16.0. The lowest BCUT2D eigenvalue weighted by Crippen LogP contribution is -2.28. The predicted octanol–water partition coefficient (Wildman–Crippen LogP) is 1.22. The van der Waals surface area contributed by atoms with Crippen LogP contribution in [0.5, 0.6) is 5.75 Å². The molecule has 0 saturated carbocycles. The zero-order valence-electron chi connectivity index (χ0n) is 15.2. The quantitative estimate of drug-likeness (QED) is 0.597. The number of carbonyl (C=O) groups is 1. The molecule has 0 spiro atoms. The molecule has 1 heterocycles. The van der Waals surface area contributed by atoms with Crippen LogP contribution in [0.1, 0.15) is 10.5 Å². The van der Waals surface area contributed by atoms with E-state index in [0.717, 1.165) is 4.68 Å². The second-order valence-corrected chi connectivity index (χ2v) is 7.53. The van der Waals surface area contributed by atoms with E-state index in [0.29, 0.717) is 11.4 Å². The maximum Gasteiger partial charge on any atom is 0.276 e. The van der Waals surface area contributed by atoms with Crippen molar-refractivity contribution in [2.24, 2.45) is 5.14 Å². The molecule has 0 aliphatic carbocycles. The molecule has 1 aromatic heterocycles. The van der Waals surface area contributed by atoms with Gasteiger partial charge in [-0.2, -0.15) is 5.10 Å². The molecule has 3 rings (SSSR count). The highest BCUT2D eigenvalue weighted by atomic mass is 32.2. The molecule has 3 N–H and O–H groups in total. The third-order valence-corrected chi connectivity index (χ3v) is 4.78. The van der Waals surface area contributed by atoms with Gasteiger partial charge in [0.2, 0.25) is 10.0 Å². The molecule has 1 amide bonds. The van der Waals surface area contributed by atoms with Gasteiger partial charge < -0.3 is 10.1 Å². The van der Waals surface area contributed by atoms with E-state index in [2.05, 4.69) is 10.4 Å². The molecule has 0 unspecified atom stereocenters. The fraction of sp³-hybridized carbons (Fsp3) is 0.105. The third kappa shape index (κ3) is 5.50. The maximum atomic E-state index is 12.4. The molecule has 3 aromatic rings. The molecule has 9 nitrogen and oxygen atoms in total. The van der Waals surface area contributed by atoms with Crippen molar-refractivity contribution in [2.75, 3.05) is 11.9 Å². The number of nitrogens with two attached hydrogens (primary N) is 1. The summed E-state index contributed by atoms with van der Waals surface area (Å²) in [4.78, 5) is 24.3. The van der Waals surface area contributed by atoms with Gasteiger partial charge >= 0.3 is 0 Å². The Kier molecular flexibility index (Phi) is 6.05. The molecule has 0 aliphatic heterocycles. The Labute approximate surface area is 166 Å². The molecule has 10 heteroatoms. The van der Waals surface area contributed by atoms with E-state index in [1.54, 1.807) is 12.1 Å². The number of nitrogens with zero attached hydrogens (tertiary/aromatic N) is 2. The molecule has 0 atom stereocenters. The van der Waals surface area contributed by atoms with Gasteiger partial charge in [0.15, 0.2) is 0 Å². The number of anilines is 1. The molecule has 0 aliphatic rings. The first-order valence-electron chi connectivity index (χ1n) is 8.53. The lowest BCUT2D eigenvalue weighted by atomic mass is 10.3. The summed E-state index contributed by atoms with van der Waals surface area (Å²) in [5, 5.41) is 11.7. The van der Waals surface area contributed by atoms with E-state index >= 15 is 0 Å². The minimum atomic E-state index is -3.81. The van der Waals surface area contributed by atoms with Crippen molar-refractivity contribution in [3.63, 3.8) is 0 Å². The van der Waals surface area contributed by atoms with Gasteiger partial charge in [0.1, 0.15) is 18.1 Å². The summed E-state index contributed by atoms with van der Waals surface area (Å²) >= 11 is 0. The summed E-state index contributed by atoms with van der Waals surface area (Å²) in [6.07, 6.45) is 0. The van der Waals surface area contributed by atoms with Crippen molar-refractivity contribution in [2.45, 2.75) is 11.4 Å². The largest absolute Gasteiger partial charge is 0.492 e. The van der Waals surface area contributed by atoms with Crippen LogP contribution in [0.15, 0.2) is 76.4 Å². The van der Waals surface area contributed by atoms with Crippen molar-refractivity contribution < 1.29 is 17.9 Å². The first kappa shape index (κ1) is 20.2. The molecule has 0 bridgehead atoms. The van der Waals surface area contributed by atoms with E-state index in [4.69, 9.17) is 9.88 Å². The van der Waals surface area contributed by atoms with Crippen molar-refractivity contribution in [3.05, 3.63) is 82.8 Å². The van der Waals surface area contributed by atoms with Crippen LogP contribution in [0, 0.1) is 0 Å². The van der Waals surface area contributed by atoms with Crippen LogP contribution >= 0.6 is 0 Å². The fourth-order valence-electron chi connectivity index (χ4n) is 2.42. The second-order valence-electron chi connectivity index (χ2n) is 5.96. The number of benzene rings is 2. The molecule has 0 fully saturated rings.